The standard InChI is InChI=1S/C6H8N4O2/c7-4-2-1-3-5(9-8)6(4)10(11)12/h1-3,9H,7-8H2. The molecule has 0 aliphatic rings. The van der Waals surface area contributed by atoms with Crippen molar-refractivity contribution in [2.45, 2.75) is 0 Å². The predicted molar refractivity (Wildman–Crippen MR) is 45.3 cm³/mol. The van der Waals surface area contributed by atoms with E-state index in [1.54, 1.807) is 6.07 Å². The van der Waals surface area contributed by atoms with E-state index in [4.69, 9.17) is 11.6 Å². The minimum atomic E-state index is -0.579. The van der Waals surface area contributed by atoms with E-state index in [-0.39, 0.29) is 17.1 Å². The van der Waals surface area contributed by atoms with Gasteiger partial charge in [0.1, 0.15) is 11.4 Å². The molecule has 0 aromatic heterocycles. The highest BCUT2D eigenvalue weighted by Crippen LogP contribution is 2.29. The van der Waals surface area contributed by atoms with Gasteiger partial charge < -0.3 is 11.2 Å². The molecular formula is C6H8N4O2. The molecule has 0 aliphatic heterocycles. The number of nitrogens with two attached hydrogens (primary N) is 2. The lowest BCUT2D eigenvalue weighted by Crippen LogP contribution is -2.10. The fourth-order valence-electron chi connectivity index (χ4n) is 0.882. The minimum Gasteiger partial charge on any atom is -0.393 e. The quantitative estimate of drug-likeness (QED) is 0.257. The molecule has 5 N–H and O–H groups in total. The van der Waals surface area contributed by atoms with Gasteiger partial charge in [-0.15, -0.1) is 0 Å². The van der Waals surface area contributed by atoms with Crippen LogP contribution in [-0.4, -0.2) is 4.92 Å². The Labute approximate surface area is 68.3 Å². The normalized spacial score (nSPS) is 9.42. The van der Waals surface area contributed by atoms with Crippen LogP contribution >= 0.6 is 0 Å². The number of nitrogens with zero attached hydrogens (tertiary/aromatic N) is 1. The van der Waals surface area contributed by atoms with Crippen molar-refractivity contribution in [1.82, 2.24) is 0 Å². The monoisotopic (exact) mass is 168 g/mol. The molecule has 0 heterocycles. The van der Waals surface area contributed by atoms with Crippen LogP contribution < -0.4 is 17.0 Å². The minimum absolute atomic E-state index is 0.0930. The van der Waals surface area contributed by atoms with Crippen molar-refractivity contribution in [2.24, 2.45) is 5.84 Å². The van der Waals surface area contributed by atoms with Crippen LogP contribution in [-0.2, 0) is 0 Å². The third-order valence-corrected chi connectivity index (χ3v) is 1.41. The van der Waals surface area contributed by atoms with E-state index in [0.29, 0.717) is 0 Å². The number of anilines is 2. The van der Waals surface area contributed by atoms with E-state index < -0.39 is 4.92 Å². The van der Waals surface area contributed by atoms with Gasteiger partial charge in [-0.05, 0) is 12.1 Å². The first-order valence-electron chi connectivity index (χ1n) is 3.16. The Hall–Kier alpha value is -1.82. The topological polar surface area (TPSA) is 107 Å². The molecule has 0 saturated heterocycles. The molecule has 0 saturated carbocycles. The van der Waals surface area contributed by atoms with Crippen LogP contribution in [0.2, 0.25) is 0 Å². The number of nitrogens with one attached hydrogen (secondary N) is 1. The Kier molecular flexibility index (Phi) is 2.11. The van der Waals surface area contributed by atoms with Gasteiger partial charge >= 0.3 is 5.69 Å². The molecule has 0 fully saturated rings. The molecule has 0 radical (unpaired) electrons. The highest BCUT2D eigenvalue weighted by Gasteiger charge is 2.15. The zero-order valence-electron chi connectivity index (χ0n) is 6.15. The number of benzene rings is 1. The zero-order valence-corrected chi connectivity index (χ0v) is 6.15. The number of para-hydroxylation sites is 1. The number of nitro benzene ring substituents is 1. The van der Waals surface area contributed by atoms with E-state index >= 15 is 0 Å². The van der Waals surface area contributed by atoms with Gasteiger partial charge in [0.05, 0.1) is 4.92 Å². The van der Waals surface area contributed by atoms with Crippen LogP contribution in [0.1, 0.15) is 0 Å². The van der Waals surface area contributed by atoms with Gasteiger partial charge in [0.25, 0.3) is 0 Å². The van der Waals surface area contributed by atoms with Gasteiger partial charge in [0, 0.05) is 0 Å². The van der Waals surface area contributed by atoms with Crippen LogP contribution in [0.25, 0.3) is 0 Å². The molecule has 6 nitrogen and oxygen atoms in total. The van der Waals surface area contributed by atoms with Crippen LogP contribution in [0.5, 0.6) is 0 Å². The van der Waals surface area contributed by atoms with Crippen molar-refractivity contribution in [2.75, 3.05) is 11.2 Å². The first-order valence-corrected chi connectivity index (χ1v) is 3.16. The van der Waals surface area contributed by atoms with Crippen molar-refractivity contribution in [3.05, 3.63) is 28.3 Å². The molecule has 64 valence electrons. The van der Waals surface area contributed by atoms with Crippen LogP contribution in [0, 0.1) is 10.1 Å². The Balaban J connectivity index is 3.29. The lowest BCUT2D eigenvalue weighted by Gasteiger charge is -2.02. The molecule has 0 atom stereocenters. The number of nitrogen functional groups attached to an aromatic ring is 2. The summed E-state index contributed by atoms with van der Waals surface area (Å²) in [5.74, 6) is 5.05. The molecule has 0 spiro atoms. The van der Waals surface area contributed by atoms with Crippen LogP contribution in [0.4, 0.5) is 17.1 Å². The summed E-state index contributed by atoms with van der Waals surface area (Å²) in [7, 11) is 0. The number of rotatable bonds is 2. The van der Waals surface area contributed by atoms with Gasteiger partial charge in [-0.2, -0.15) is 0 Å². The Bertz CT molecular complexity index is 312. The maximum Gasteiger partial charge on any atom is 0.316 e. The summed E-state index contributed by atoms with van der Waals surface area (Å²) in [6.45, 7) is 0. The van der Waals surface area contributed by atoms with E-state index in [0.717, 1.165) is 0 Å². The molecule has 12 heavy (non-hydrogen) atoms. The molecule has 0 unspecified atom stereocenters. The first kappa shape index (κ1) is 8.28. The third-order valence-electron chi connectivity index (χ3n) is 1.41. The molecule has 0 aliphatic carbocycles. The first-order chi connectivity index (χ1) is 5.66. The van der Waals surface area contributed by atoms with E-state index in [2.05, 4.69) is 5.43 Å². The smallest absolute Gasteiger partial charge is 0.316 e. The largest absolute Gasteiger partial charge is 0.393 e. The summed E-state index contributed by atoms with van der Waals surface area (Å²) >= 11 is 0. The summed E-state index contributed by atoms with van der Waals surface area (Å²) < 4.78 is 0. The molecule has 1 aromatic carbocycles. The Morgan fingerprint density at radius 3 is 2.58 bits per heavy atom. The van der Waals surface area contributed by atoms with Gasteiger partial charge in [0.2, 0.25) is 0 Å². The average molecular weight is 168 g/mol. The summed E-state index contributed by atoms with van der Waals surface area (Å²) in [5.41, 5.74) is 7.66. The fourth-order valence-corrected chi connectivity index (χ4v) is 0.882. The van der Waals surface area contributed by atoms with Crippen molar-refractivity contribution in [1.29, 1.82) is 0 Å². The number of hydrogen-bond donors (Lipinski definition) is 3. The third kappa shape index (κ3) is 1.28. The molecule has 1 aromatic rings. The number of hydrogen-bond acceptors (Lipinski definition) is 5. The van der Waals surface area contributed by atoms with Crippen molar-refractivity contribution >= 4 is 17.1 Å². The van der Waals surface area contributed by atoms with Crippen LogP contribution in [0.3, 0.4) is 0 Å². The molecule has 1 rings (SSSR count). The second kappa shape index (κ2) is 3.05. The van der Waals surface area contributed by atoms with Crippen molar-refractivity contribution < 1.29 is 4.92 Å². The lowest BCUT2D eigenvalue weighted by atomic mass is 10.2. The summed E-state index contributed by atoms with van der Waals surface area (Å²) in [5, 5.41) is 10.4. The van der Waals surface area contributed by atoms with Crippen molar-refractivity contribution in [3.8, 4) is 0 Å². The molecule has 0 amide bonds. The second-order valence-corrected chi connectivity index (χ2v) is 2.14. The number of hydrazine groups is 1. The Morgan fingerprint density at radius 2 is 2.17 bits per heavy atom. The summed E-state index contributed by atoms with van der Waals surface area (Å²) in [6.07, 6.45) is 0. The van der Waals surface area contributed by atoms with Crippen molar-refractivity contribution in [3.63, 3.8) is 0 Å². The van der Waals surface area contributed by atoms with E-state index in [1.165, 1.54) is 12.1 Å². The maximum absolute atomic E-state index is 10.4. The van der Waals surface area contributed by atoms with Gasteiger partial charge in [-0.3, -0.25) is 16.0 Å². The number of nitro groups is 1. The highest BCUT2D eigenvalue weighted by molar-refractivity contribution is 5.73. The molecule has 6 heteroatoms. The molecular weight excluding hydrogens is 160 g/mol. The fraction of sp³-hybridized carbons (Fsp3) is 0. The SMILES string of the molecule is NNc1cccc(N)c1[N+](=O)[O-]. The van der Waals surface area contributed by atoms with Crippen LogP contribution in [0.15, 0.2) is 18.2 Å². The lowest BCUT2D eigenvalue weighted by molar-refractivity contribution is -0.383. The average Bonchev–Trinajstić information content (AvgIpc) is 2.03. The van der Waals surface area contributed by atoms with E-state index in [1.807, 2.05) is 0 Å². The summed E-state index contributed by atoms with van der Waals surface area (Å²) in [4.78, 5) is 9.85. The second-order valence-electron chi connectivity index (χ2n) is 2.14. The Morgan fingerprint density at radius 1 is 1.50 bits per heavy atom. The van der Waals surface area contributed by atoms with Gasteiger partial charge in [-0.1, -0.05) is 6.07 Å². The van der Waals surface area contributed by atoms with Gasteiger partial charge in [0.15, 0.2) is 0 Å². The predicted octanol–water partition coefficient (Wildman–Crippen LogP) is 0.463. The zero-order chi connectivity index (χ0) is 9.14. The summed E-state index contributed by atoms with van der Waals surface area (Å²) in [6, 6.07) is 4.50. The molecule has 0 bridgehead atoms. The van der Waals surface area contributed by atoms with Gasteiger partial charge in [-0.25, -0.2) is 0 Å². The maximum atomic E-state index is 10.4. The highest BCUT2D eigenvalue weighted by atomic mass is 16.6. The van der Waals surface area contributed by atoms with E-state index in [9.17, 15) is 10.1 Å².